The Kier molecular flexibility index (Phi) is 14.1. The van der Waals surface area contributed by atoms with Gasteiger partial charge in [-0.05, 0) is 61.6 Å². The number of unbranched alkanes of at least 4 members (excludes halogenated alkanes) is 2. The predicted molar refractivity (Wildman–Crippen MR) is 187 cm³/mol. The molecule has 0 saturated carbocycles. The van der Waals surface area contributed by atoms with Gasteiger partial charge in [-0.3, -0.25) is 0 Å². The number of carbonyl (C=O) groups excluding carboxylic acids is 1. The van der Waals surface area contributed by atoms with Crippen LogP contribution in [0, 0.1) is 11.3 Å². The van der Waals surface area contributed by atoms with Crippen molar-refractivity contribution >= 4 is 16.1 Å². The minimum absolute atomic E-state index is 0.0415. The summed E-state index contributed by atoms with van der Waals surface area (Å²) in [7, 11) is -2.74. The summed E-state index contributed by atoms with van der Waals surface area (Å²) in [6, 6.07) is 13.1. The number of hydrogen-bond donors (Lipinski definition) is 2. The Morgan fingerprint density at radius 1 is 1.14 bits per heavy atom. The number of benzene rings is 2. The maximum atomic E-state index is 14.6. The molecule has 0 radical (unpaired) electrons. The number of alkyl carbamates (subject to hydrolysis) is 1. The third-order valence-electron chi connectivity index (χ3n) is 8.83. The van der Waals surface area contributed by atoms with E-state index in [1.54, 1.807) is 18.2 Å². The SMILES string of the molecule is C=CCCCCOc1cc(OC)ccc1S(=O)(=O)N(C[C@@H](O)[C@H](Cc1ccccc1)NC(=O)OC1CO[C@H]2OCC[C@@H]12)CC(C)(C)CC=C. The van der Waals surface area contributed by atoms with Gasteiger partial charge in [0.25, 0.3) is 0 Å². The van der Waals surface area contributed by atoms with Gasteiger partial charge in [0.15, 0.2) is 6.29 Å². The van der Waals surface area contributed by atoms with E-state index in [0.29, 0.717) is 31.8 Å². The van der Waals surface area contributed by atoms with Crippen molar-refractivity contribution in [3.05, 3.63) is 79.4 Å². The fourth-order valence-electron chi connectivity index (χ4n) is 6.19. The fraction of sp³-hybridized carbons (Fsp3) is 0.541. The van der Waals surface area contributed by atoms with E-state index in [9.17, 15) is 18.3 Å². The molecular weight excluding hydrogens is 648 g/mol. The number of amides is 1. The number of aliphatic hydroxyl groups is 1. The summed E-state index contributed by atoms with van der Waals surface area (Å²) in [6.45, 7) is 12.3. The Hall–Kier alpha value is -3.42. The second kappa shape index (κ2) is 18.0. The molecule has 12 heteroatoms. The Bertz CT molecular complexity index is 1480. The number of rotatable bonds is 20. The quantitative estimate of drug-likeness (QED) is 0.136. The molecular formula is C37H52N2O9S. The highest BCUT2D eigenvalue weighted by Gasteiger charge is 2.44. The second-order valence-corrected chi connectivity index (χ2v) is 15.3. The molecule has 0 bridgehead atoms. The highest BCUT2D eigenvalue weighted by molar-refractivity contribution is 7.89. The molecule has 2 aliphatic heterocycles. The number of sulfonamides is 1. The van der Waals surface area contributed by atoms with Gasteiger partial charge < -0.3 is 34.1 Å². The molecule has 5 atom stereocenters. The van der Waals surface area contributed by atoms with Crippen LogP contribution >= 0.6 is 0 Å². The first-order chi connectivity index (χ1) is 23.5. The molecule has 11 nitrogen and oxygen atoms in total. The lowest BCUT2D eigenvalue weighted by molar-refractivity contribution is -0.0907. The van der Waals surface area contributed by atoms with Crippen molar-refractivity contribution in [3.8, 4) is 11.5 Å². The number of fused-ring (bicyclic) bond motifs is 1. The van der Waals surface area contributed by atoms with Gasteiger partial charge in [-0.15, -0.1) is 13.2 Å². The van der Waals surface area contributed by atoms with E-state index >= 15 is 0 Å². The van der Waals surface area contributed by atoms with Crippen LogP contribution < -0.4 is 14.8 Å². The first kappa shape index (κ1) is 38.4. The van der Waals surface area contributed by atoms with Crippen LogP contribution in [0.15, 0.2) is 78.7 Å². The molecule has 2 saturated heterocycles. The Morgan fingerprint density at radius 3 is 2.63 bits per heavy atom. The van der Waals surface area contributed by atoms with Crippen molar-refractivity contribution in [1.82, 2.24) is 9.62 Å². The number of allylic oxidation sites excluding steroid dienone is 2. The lowest BCUT2D eigenvalue weighted by Crippen LogP contribution is -2.52. The van der Waals surface area contributed by atoms with Gasteiger partial charge in [-0.2, -0.15) is 4.31 Å². The van der Waals surface area contributed by atoms with Crippen molar-refractivity contribution in [3.63, 3.8) is 0 Å². The normalized spacial score (nSPS) is 20.3. The van der Waals surface area contributed by atoms with Gasteiger partial charge in [0.1, 0.15) is 22.5 Å². The summed E-state index contributed by atoms with van der Waals surface area (Å²) in [4.78, 5) is 13.2. The van der Waals surface area contributed by atoms with E-state index in [0.717, 1.165) is 24.8 Å². The monoisotopic (exact) mass is 700 g/mol. The Morgan fingerprint density at radius 2 is 1.92 bits per heavy atom. The Balaban J connectivity index is 1.61. The lowest BCUT2D eigenvalue weighted by atomic mass is 9.89. The maximum absolute atomic E-state index is 14.6. The molecule has 0 aromatic heterocycles. The fourth-order valence-corrected chi connectivity index (χ4v) is 7.95. The van der Waals surface area contributed by atoms with Gasteiger partial charge in [0.05, 0.1) is 45.0 Å². The molecule has 2 fully saturated rings. The molecule has 0 spiro atoms. The van der Waals surface area contributed by atoms with Gasteiger partial charge in [-0.25, -0.2) is 13.2 Å². The third kappa shape index (κ3) is 10.8. The Labute approximate surface area is 291 Å². The number of hydrogen-bond acceptors (Lipinski definition) is 9. The van der Waals surface area contributed by atoms with E-state index in [1.807, 2.05) is 50.3 Å². The molecule has 270 valence electrons. The minimum atomic E-state index is -4.25. The molecule has 2 aliphatic rings. The largest absolute Gasteiger partial charge is 0.497 e. The van der Waals surface area contributed by atoms with Crippen LogP contribution in [0.5, 0.6) is 11.5 Å². The average molecular weight is 701 g/mol. The van der Waals surface area contributed by atoms with Crippen LogP contribution in [-0.2, 0) is 30.7 Å². The summed E-state index contributed by atoms with van der Waals surface area (Å²) in [5.74, 6) is 0.556. The highest BCUT2D eigenvalue weighted by Crippen LogP contribution is 2.35. The van der Waals surface area contributed by atoms with Crippen LogP contribution in [0.25, 0.3) is 0 Å². The second-order valence-electron chi connectivity index (χ2n) is 13.4. The van der Waals surface area contributed by atoms with E-state index < -0.39 is 39.8 Å². The van der Waals surface area contributed by atoms with Crippen LogP contribution in [0.2, 0.25) is 0 Å². The van der Waals surface area contributed by atoms with Crippen LogP contribution in [0.3, 0.4) is 0 Å². The van der Waals surface area contributed by atoms with Gasteiger partial charge in [0.2, 0.25) is 10.0 Å². The van der Waals surface area contributed by atoms with Gasteiger partial charge >= 0.3 is 6.09 Å². The average Bonchev–Trinajstić information content (AvgIpc) is 3.69. The zero-order chi connectivity index (χ0) is 35.4. The van der Waals surface area contributed by atoms with E-state index in [-0.39, 0.29) is 49.0 Å². The standard InChI is InChI=1S/C37H52N2O9S/c1-6-8-9-13-20-45-32-23-28(44-5)16-17-34(32)49(42,43)39(26-37(3,4)19-7-2)24-31(40)30(22-27-14-11-10-12-15-27)38-36(41)48-33-25-47-35-29(33)18-21-46-35/h6-7,10-12,14-17,23,29-31,33,35,40H,1-2,8-9,13,18-22,24-26H2,3-5H3,(H,38,41)/t29-,30-,31+,33?,35+/m0/s1. The van der Waals surface area contributed by atoms with Crippen molar-refractivity contribution in [2.24, 2.45) is 11.3 Å². The topological polar surface area (TPSA) is 133 Å². The van der Waals surface area contributed by atoms with E-state index in [1.165, 1.54) is 17.5 Å². The van der Waals surface area contributed by atoms with Gasteiger partial charge in [0, 0.05) is 19.2 Å². The van der Waals surface area contributed by atoms with Crippen molar-refractivity contribution in [2.75, 3.05) is 40.0 Å². The summed E-state index contributed by atoms with van der Waals surface area (Å²) in [6.07, 6.45) is 4.54. The van der Waals surface area contributed by atoms with Gasteiger partial charge in [-0.1, -0.05) is 56.3 Å². The number of ether oxygens (including phenoxy) is 5. The predicted octanol–water partition coefficient (Wildman–Crippen LogP) is 5.48. The first-order valence-corrected chi connectivity index (χ1v) is 18.4. The number of nitrogens with zero attached hydrogens (tertiary/aromatic N) is 1. The summed E-state index contributed by atoms with van der Waals surface area (Å²) >= 11 is 0. The number of aliphatic hydroxyl groups excluding tert-OH is 1. The highest BCUT2D eigenvalue weighted by atomic mass is 32.2. The number of methoxy groups -OCH3 is 1. The molecule has 2 aromatic rings. The van der Waals surface area contributed by atoms with E-state index in [4.69, 9.17) is 23.7 Å². The van der Waals surface area contributed by atoms with Crippen molar-refractivity contribution in [2.45, 2.75) is 81.8 Å². The minimum Gasteiger partial charge on any atom is -0.497 e. The molecule has 2 heterocycles. The number of nitrogens with one attached hydrogen (secondary N) is 1. The third-order valence-corrected chi connectivity index (χ3v) is 10.7. The zero-order valence-corrected chi connectivity index (χ0v) is 29.7. The molecule has 4 rings (SSSR count). The van der Waals surface area contributed by atoms with E-state index in [2.05, 4.69) is 18.5 Å². The number of carbonyl (C=O) groups is 1. The molecule has 2 N–H and O–H groups in total. The molecule has 1 unspecified atom stereocenters. The molecule has 1 amide bonds. The lowest BCUT2D eigenvalue weighted by Gasteiger charge is -2.35. The maximum Gasteiger partial charge on any atom is 0.407 e. The molecule has 49 heavy (non-hydrogen) atoms. The van der Waals surface area contributed by atoms with Crippen molar-refractivity contribution in [1.29, 1.82) is 0 Å². The molecule has 0 aliphatic carbocycles. The van der Waals surface area contributed by atoms with Crippen LogP contribution in [0.1, 0.15) is 51.5 Å². The summed E-state index contributed by atoms with van der Waals surface area (Å²) in [5, 5.41) is 14.6. The summed E-state index contributed by atoms with van der Waals surface area (Å²) < 4.78 is 58.7. The zero-order valence-electron chi connectivity index (χ0n) is 28.9. The summed E-state index contributed by atoms with van der Waals surface area (Å²) in [5.41, 5.74) is 0.320. The molecule has 2 aromatic carbocycles. The van der Waals surface area contributed by atoms with Crippen LogP contribution in [0.4, 0.5) is 4.79 Å². The smallest absolute Gasteiger partial charge is 0.407 e. The van der Waals surface area contributed by atoms with Crippen molar-refractivity contribution < 1.29 is 42.0 Å². The first-order valence-electron chi connectivity index (χ1n) is 16.9. The van der Waals surface area contributed by atoms with Crippen LogP contribution in [-0.4, -0.2) is 88.5 Å².